The number of nitrogens with one attached hydrogen (secondary N) is 1. The Bertz CT molecular complexity index is 814. The van der Waals surface area contributed by atoms with Crippen molar-refractivity contribution >= 4 is 11.8 Å². The van der Waals surface area contributed by atoms with E-state index in [0.29, 0.717) is 37.4 Å². The highest BCUT2D eigenvalue weighted by atomic mass is 16.5. The van der Waals surface area contributed by atoms with Crippen molar-refractivity contribution in [3.05, 3.63) is 47.3 Å². The predicted molar refractivity (Wildman–Crippen MR) is 98.7 cm³/mol. The van der Waals surface area contributed by atoms with Crippen LogP contribution in [-0.2, 0) is 13.1 Å². The second kappa shape index (κ2) is 7.40. The van der Waals surface area contributed by atoms with Gasteiger partial charge in [0.15, 0.2) is 5.69 Å². The Morgan fingerprint density at radius 2 is 1.67 bits per heavy atom. The third-order valence-electron chi connectivity index (χ3n) is 5.08. The van der Waals surface area contributed by atoms with Gasteiger partial charge in [-0.2, -0.15) is 5.10 Å². The number of nitrogens with zero attached hydrogens (tertiary/aromatic N) is 4. The standard InChI is InChI=1S/C19H23N5O3/c1-27-16-4-2-14(3-5-16)18(25)22-8-10-23(11-9-22)19(26)17-12-15-13-20-6-7-24(15)21-17/h2-5,12,20H,6-11,13H2,1H3. The fourth-order valence-electron chi connectivity index (χ4n) is 3.49. The van der Waals surface area contributed by atoms with Gasteiger partial charge < -0.3 is 19.9 Å². The lowest BCUT2D eigenvalue weighted by molar-refractivity contribution is 0.0532. The van der Waals surface area contributed by atoms with Gasteiger partial charge in [0, 0.05) is 44.8 Å². The molecule has 4 rings (SSSR count). The molecule has 1 aromatic heterocycles. The normalized spacial score (nSPS) is 16.8. The number of hydrogen-bond acceptors (Lipinski definition) is 5. The highest BCUT2D eigenvalue weighted by Crippen LogP contribution is 2.16. The van der Waals surface area contributed by atoms with Crippen LogP contribution >= 0.6 is 0 Å². The molecule has 0 spiro atoms. The summed E-state index contributed by atoms with van der Waals surface area (Å²) < 4.78 is 7.02. The van der Waals surface area contributed by atoms with Gasteiger partial charge in [-0.3, -0.25) is 14.3 Å². The molecule has 8 nitrogen and oxygen atoms in total. The zero-order chi connectivity index (χ0) is 18.8. The van der Waals surface area contributed by atoms with Gasteiger partial charge in [0.2, 0.25) is 0 Å². The largest absolute Gasteiger partial charge is 0.497 e. The Kier molecular flexibility index (Phi) is 4.81. The van der Waals surface area contributed by atoms with Gasteiger partial charge >= 0.3 is 0 Å². The molecule has 1 fully saturated rings. The average molecular weight is 369 g/mol. The number of benzene rings is 1. The molecule has 1 saturated heterocycles. The minimum Gasteiger partial charge on any atom is -0.497 e. The van der Waals surface area contributed by atoms with Crippen molar-refractivity contribution in [2.24, 2.45) is 0 Å². The van der Waals surface area contributed by atoms with Crippen LogP contribution in [-0.4, -0.2) is 71.2 Å². The molecule has 2 amide bonds. The Morgan fingerprint density at radius 3 is 2.30 bits per heavy atom. The second-order valence-corrected chi connectivity index (χ2v) is 6.73. The van der Waals surface area contributed by atoms with E-state index in [-0.39, 0.29) is 11.8 Å². The molecule has 2 aromatic rings. The second-order valence-electron chi connectivity index (χ2n) is 6.73. The Labute approximate surface area is 157 Å². The topological polar surface area (TPSA) is 79.7 Å². The van der Waals surface area contributed by atoms with Crippen LogP contribution in [0, 0.1) is 0 Å². The molecule has 0 saturated carbocycles. The summed E-state index contributed by atoms with van der Waals surface area (Å²) >= 11 is 0. The molecular weight excluding hydrogens is 346 g/mol. The summed E-state index contributed by atoms with van der Waals surface area (Å²) in [4.78, 5) is 28.9. The van der Waals surface area contributed by atoms with Crippen LogP contribution in [0.5, 0.6) is 5.75 Å². The van der Waals surface area contributed by atoms with Crippen molar-refractivity contribution in [2.45, 2.75) is 13.1 Å². The first-order chi connectivity index (χ1) is 13.2. The Balaban J connectivity index is 1.37. The molecular formula is C19H23N5O3. The van der Waals surface area contributed by atoms with E-state index >= 15 is 0 Å². The molecule has 0 radical (unpaired) electrons. The molecule has 8 heteroatoms. The first-order valence-electron chi connectivity index (χ1n) is 9.16. The van der Waals surface area contributed by atoms with Gasteiger partial charge in [-0.15, -0.1) is 0 Å². The van der Waals surface area contributed by atoms with Crippen molar-refractivity contribution in [3.8, 4) is 5.75 Å². The maximum Gasteiger partial charge on any atom is 0.274 e. The molecule has 2 aliphatic rings. The predicted octanol–water partition coefficient (Wildman–Crippen LogP) is 0.593. The number of carbonyl (C=O) groups excluding carboxylic acids is 2. The fraction of sp³-hybridized carbons (Fsp3) is 0.421. The minimum atomic E-state index is -0.0616. The number of ether oxygens (including phenoxy) is 1. The summed E-state index contributed by atoms with van der Waals surface area (Å²) in [5, 5.41) is 7.71. The molecule has 2 aliphatic heterocycles. The smallest absolute Gasteiger partial charge is 0.274 e. The summed E-state index contributed by atoms with van der Waals surface area (Å²) in [6.07, 6.45) is 0. The molecule has 0 bridgehead atoms. The molecule has 3 heterocycles. The summed E-state index contributed by atoms with van der Waals surface area (Å²) in [6.45, 7) is 4.46. The van der Waals surface area contributed by atoms with E-state index < -0.39 is 0 Å². The number of piperazine rings is 1. The van der Waals surface area contributed by atoms with E-state index in [4.69, 9.17) is 4.74 Å². The van der Waals surface area contributed by atoms with Crippen LogP contribution in [0.15, 0.2) is 30.3 Å². The maximum absolute atomic E-state index is 12.7. The van der Waals surface area contributed by atoms with Crippen molar-refractivity contribution in [1.82, 2.24) is 24.9 Å². The van der Waals surface area contributed by atoms with Crippen LogP contribution in [0.25, 0.3) is 0 Å². The number of fused-ring (bicyclic) bond motifs is 1. The fourth-order valence-corrected chi connectivity index (χ4v) is 3.49. The number of methoxy groups -OCH3 is 1. The van der Waals surface area contributed by atoms with Gasteiger partial charge in [-0.25, -0.2) is 0 Å². The van der Waals surface area contributed by atoms with Crippen molar-refractivity contribution in [1.29, 1.82) is 0 Å². The molecule has 142 valence electrons. The molecule has 27 heavy (non-hydrogen) atoms. The van der Waals surface area contributed by atoms with Gasteiger partial charge in [-0.05, 0) is 30.3 Å². The zero-order valence-corrected chi connectivity index (χ0v) is 15.4. The van der Waals surface area contributed by atoms with Crippen molar-refractivity contribution in [3.63, 3.8) is 0 Å². The van der Waals surface area contributed by atoms with E-state index in [1.54, 1.807) is 41.2 Å². The van der Waals surface area contributed by atoms with Crippen LogP contribution in [0.3, 0.4) is 0 Å². The molecule has 1 aromatic carbocycles. The van der Waals surface area contributed by atoms with Gasteiger partial charge in [0.1, 0.15) is 5.75 Å². The highest BCUT2D eigenvalue weighted by Gasteiger charge is 2.27. The van der Waals surface area contributed by atoms with E-state index in [1.165, 1.54) is 0 Å². The highest BCUT2D eigenvalue weighted by molar-refractivity contribution is 5.95. The van der Waals surface area contributed by atoms with E-state index in [2.05, 4.69) is 10.4 Å². The third-order valence-corrected chi connectivity index (χ3v) is 5.08. The minimum absolute atomic E-state index is 0.0201. The Morgan fingerprint density at radius 1 is 1.00 bits per heavy atom. The lowest BCUT2D eigenvalue weighted by Crippen LogP contribution is -2.50. The van der Waals surface area contributed by atoms with Crippen LogP contribution in [0.2, 0.25) is 0 Å². The third kappa shape index (κ3) is 3.52. The molecule has 1 N–H and O–H groups in total. The quantitative estimate of drug-likeness (QED) is 0.857. The first-order valence-corrected chi connectivity index (χ1v) is 9.16. The number of hydrogen-bond donors (Lipinski definition) is 1. The van der Waals surface area contributed by atoms with Crippen LogP contribution in [0.4, 0.5) is 0 Å². The van der Waals surface area contributed by atoms with E-state index in [1.807, 2.05) is 10.7 Å². The molecule has 0 unspecified atom stereocenters. The van der Waals surface area contributed by atoms with Crippen LogP contribution < -0.4 is 10.1 Å². The van der Waals surface area contributed by atoms with Gasteiger partial charge in [-0.1, -0.05) is 0 Å². The summed E-state index contributed by atoms with van der Waals surface area (Å²) in [6, 6.07) is 8.96. The van der Waals surface area contributed by atoms with Crippen molar-refractivity contribution < 1.29 is 14.3 Å². The lowest BCUT2D eigenvalue weighted by atomic mass is 10.1. The zero-order valence-electron chi connectivity index (χ0n) is 15.4. The average Bonchev–Trinajstić information content (AvgIpc) is 3.17. The summed E-state index contributed by atoms with van der Waals surface area (Å²) in [5.74, 6) is 0.640. The van der Waals surface area contributed by atoms with Gasteiger partial charge in [0.25, 0.3) is 11.8 Å². The number of aromatic nitrogens is 2. The van der Waals surface area contributed by atoms with Crippen LogP contribution in [0.1, 0.15) is 26.5 Å². The maximum atomic E-state index is 12.7. The van der Waals surface area contributed by atoms with E-state index in [9.17, 15) is 9.59 Å². The SMILES string of the molecule is COc1ccc(C(=O)N2CCN(C(=O)c3cc4n(n3)CCNC4)CC2)cc1. The molecule has 0 atom stereocenters. The van der Waals surface area contributed by atoms with Gasteiger partial charge in [0.05, 0.1) is 19.3 Å². The molecule has 0 aliphatic carbocycles. The van der Waals surface area contributed by atoms with Crippen molar-refractivity contribution in [2.75, 3.05) is 39.8 Å². The summed E-state index contributed by atoms with van der Waals surface area (Å²) in [5.41, 5.74) is 2.16. The monoisotopic (exact) mass is 369 g/mol. The summed E-state index contributed by atoms with van der Waals surface area (Å²) in [7, 11) is 1.60. The number of rotatable bonds is 3. The first kappa shape index (κ1) is 17.5. The Hall–Kier alpha value is -2.87. The van der Waals surface area contributed by atoms with E-state index in [0.717, 1.165) is 31.1 Å². The lowest BCUT2D eigenvalue weighted by Gasteiger charge is -2.34. The number of carbonyl (C=O) groups is 2. The number of amides is 2.